The predicted molar refractivity (Wildman–Crippen MR) is 115 cm³/mol. The molecule has 0 aromatic rings. The first kappa shape index (κ1) is 23.0. The highest BCUT2D eigenvalue weighted by Crippen LogP contribution is 2.42. The Bertz CT molecular complexity index is 318. The lowest BCUT2D eigenvalue weighted by Crippen LogP contribution is -2.29. The van der Waals surface area contributed by atoms with Gasteiger partial charge in [0.15, 0.2) is 0 Å². The first-order chi connectivity index (χ1) is 11.9. The van der Waals surface area contributed by atoms with Crippen molar-refractivity contribution in [1.82, 2.24) is 0 Å². The van der Waals surface area contributed by atoms with E-state index in [1.54, 1.807) is 0 Å². The first-order valence-corrected chi connectivity index (χ1v) is 11.9. The van der Waals surface area contributed by atoms with Gasteiger partial charge in [0, 0.05) is 0 Å². The summed E-state index contributed by atoms with van der Waals surface area (Å²) in [6.07, 6.45) is 16.0. The van der Waals surface area contributed by atoms with E-state index < -0.39 is 0 Å². The lowest BCUT2D eigenvalue weighted by atomic mass is 9.66. The molecular formula is C25H50. The van der Waals surface area contributed by atoms with Crippen LogP contribution in [0, 0.1) is 41.4 Å². The molecule has 0 radical (unpaired) electrons. The molecule has 0 aromatic heterocycles. The van der Waals surface area contributed by atoms with E-state index >= 15 is 0 Å². The third-order valence-corrected chi connectivity index (χ3v) is 7.66. The minimum Gasteiger partial charge on any atom is -0.0654 e. The smallest absolute Gasteiger partial charge is 0.0365 e. The second kappa shape index (κ2) is 12.4. The molecule has 0 spiro atoms. The summed E-state index contributed by atoms with van der Waals surface area (Å²) in [5, 5.41) is 0. The Balaban J connectivity index is 2.39. The van der Waals surface area contributed by atoms with E-state index in [0.29, 0.717) is 0 Å². The van der Waals surface area contributed by atoms with Gasteiger partial charge in [0.1, 0.15) is 0 Å². The maximum absolute atomic E-state index is 2.56. The molecule has 1 rings (SSSR count). The number of unbranched alkanes of at least 4 members (excludes halogenated alkanes) is 2. The lowest BCUT2D eigenvalue weighted by Gasteiger charge is -2.39. The van der Waals surface area contributed by atoms with Crippen LogP contribution in [0.25, 0.3) is 0 Å². The quantitative estimate of drug-likeness (QED) is 0.308. The molecule has 0 saturated heterocycles. The largest absolute Gasteiger partial charge is 0.0654 e. The van der Waals surface area contributed by atoms with Crippen LogP contribution in [0.2, 0.25) is 0 Å². The highest BCUT2D eigenvalue weighted by molar-refractivity contribution is 4.82. The summed E-state index contributed by atoms with van der Waals surface area (Å²) in [7, 11) is 0. The van der Waals surface area contributed by atoms with Crippen molar-refractivity contribution < 1.29 is 0 Å². The van der Waals surface area contributed by atoms with Gasteiger partial charge in [-0.25, -0.2) is 0 Å². The van der Waals surface area contributed by atoms with E-state index in [1.807, 2.05) is 0 Å². The van der Waals surface area contributed by atoms with Gasteiger partial charge in [-0.05, 0) is 60.7 Å². The number of hydrogen-bond acceptors (Lipinski definition) is 0. The Morgan fingerprint density at radius 2 is 1.52 bits per heavy atom. The molecule has 25 heavy (non-hydrogen) atoms. The fourth-order valence-electron chi connectivity index (χ4n) is 5.71. The van der Waals surface area contributed by atoms with Crippen LogP contribution in [0.3, 0.4) is 0 Å². The molecule has 1 saturated carbocycles. The predicted octanol–water partition coefficient (Wildman–Crippen LogP) is 8.74. The van der Waals surface area contributed by atoms with Crippen LogP contribution >= 0.6 is 0 Å². The van der Waals surface area contributed by atoms with Gasteiger partial charge in [0.05, 0.1) is 0 Å². The van der Waals surface area contributed by atoms with Gasteiger partial charge in [0.25, 0.3) is 0 Å². The SMILES string of the molecule is CCCCCC(CCC)C(C)CCC(C)C1CCC(C(C)C)C(C)C1. The van der Waals surface area contributed by atoms with Crippen LogP contribution < -0.4 is 0 Å². The molecule has 1 aliphatic carbocycles. The van der Waals surface area contributed by atoms with Crippen LogP contribution in [0.1, 0.15) is 119 Å². The molecular weight excluding hydrogens is 300 g/mol. The molecule has 6 atom stereocenters. The van der Waals surface area contributed by atoms with Gasteiger partial charge < -0.3 is 0 Å². The summed E-state index contributed by atoms with van der Waals surface area (Å²) in [6, 6.07) is 0. The average Bonchev–Trinajstić information content (AvgIpc) is 2.58. The molecule has 0 aromatic carbocycles. The normalized spacial score (nSPS) is 28.1. The Morgan fingerprint density at radius 1 is 0.800 bits per heavy atom. The molecule has 0 nitrogen and oxygen atoms in total. The molecule has 0 N–H and O–H groups in total. The van der Waals surface area contributed by atoms with Gasteiger partial charge in [-0.1, -0.05) is 99.8 Å². The fourth-order valence-corrected chi connectivity index (χ4v) is 5.71. The molecule has 0 heteroatoms. The summed E-state index contributed by atoms with van der Waals surface area (Å²) in [5.41, 5.74) is 0. The lowest BCUT2D eigenvalue weighted by molar-refractivity contribution is 0.113. The first-order valence-electron chi connectivity index (χ1n) is 11.9. The third kappa shape index (κ3) is 8.04. The van der Waals surface area contributed by atoms with Crippen LogP contribution in [0.4, 0.5) is 0 Å². The van der Waals surface area contributed by atoms with Crippen LogP contribution in [-0.4, -0.2) is 0 Å². The van der Waals surface area contributed by atoms with Gasteiger partial charge in [-0.2, -0.15) is 0 Å². The monoisotopic (exact) mass is 350 g/mol. The minimum atomic E-state index is 0.879. The van der Waals surface area contributed by atoms with Crippen molar-refractivity contribution in [3.63, 3.8) is 0 Å². The van der Waals surface area contributed by atoms with E-state index in [0.717, 1.165) is 41.4 Å². The van der Waals surface area contributed by atoms with Crippen molar-refractivity contribution in [2.45, 2.75) is 119 Å². The summed E-state index contributed by atoms with van der Waals surface area (Å²) in [4.78, 5) is 0. The van der Waals surface area contributed by atoms with Crippen molar-refractivity contribution in [2.75, 3.05) is 0 Å². The molecule has 0 heterocycles. The van der Waals surface area contributed by atoms with Crippen LogP contribution in [0.15, 0.2) is 0 Å². The fraction of sp³-hybridized carbons (Fsp3) is 1.00. The van der Waals surface area contributed by atoms with Crippen molar-refractivity contribution in [1.29, 1.82) is 0 Å². The van der Waals surface area contributed by atoms with Gasteiger partial charge in [-0.3, -0.25) is 0 Å². The van der Waals surface area contributed by atoms with Crippen molar-refractivity contribution in [3.8, 4) is 0 Å². The van der Waals surface area contributed by atoms with Crippen LogP contribution in [-0.2, 0) is 0 Å². The zero-order valence-corrected chi connectivity index (χ0v) is 18.8. The van der Waals surface area contributed by atoms with Crippen LogP contribution in [0.5, 0.6) is 0 Å². The van der Waals surface area contributed by atoms with Crippen molar-refractivity contribution >= 4 is 0 Å². The molecule has 0 bridgehead atoms. The third-order valence-electron chi connectivity index (χ3n) is 7.66. The van der Waals surface area contributed by atoms with E-state index in [1.165, 1.54) is 70.6 Å². The highest BCUT2D eigenvalue weighted by Gasteiger charge is 2.32. The second-order valence-corrected chi connectivity index (χ2v) is 10.0. The molecule has 150 valence electrons. The van der Waals surface area contributed by atoms with Gasteiger partial charge >= 0.3 is 0 Å². The second-order valence-electron chi connectivity index (χ2n) is 10.0. The highest BCUT2D eigenvalue weighted by atomic mass is 14.4. The van der Waals surface area contributed by atoms with Gasteiger partial charge in [-0.15, -0.1) is 0 Å². The number of rotatable bonds is 12. The molecule has 0 amide bonds. The molecule has 0 aliphatic heterocycles. The molecule has 1 aliphatic rings. The van der Waals surface area contributed by atoms with Gasteiger partial charge in [0.2, 0.25) is 0 Å². The zero-order chi connectivity index (χ0) is 18.8. The van der Waals surface area contributed by atoms with E-state index in [4.69, 9.17) is 0 Å². The average molecular weight is 351 g/mol. The number of hydrogen-bond donors (Lipinski definition) is 0. The summed E-state index contributed by atoms with van der Waals surface area (Å²) in [6.45, 7) is 17.2. The Labute approximate surface area is 160 Å². The summed E-state index contributed by atoms with van der Waals surface area (Å²) < 4.78 is 0. The zero-order valence-electron chi connectivity index (χ0n) is 18.8. The Morgan fingerprint density at radius 3 is 2.08 bits per heavy atom. The molecule has 6 unspecified atom stereocenters. The minimum absolute atomic E-state index is 0.879. The standard InChI is InChI=1S/C25H50/c1-8-10-11-13-23(12-9-2)20(5)14-15-21(6)24-16-17-25(19(3)4)22(7)18-24/h19-25H,8-18H2,1-7H3. The summed E-state index contributed by atoms with van der Waals surface area (Å²) >= 11 is 0. The molecule has 1 fully saturated rings. The van der Waals surface area contributed by atoms with Crippen molar-refractivity contribution in [2.24, 2.45) is 41.4 Å². The maximum Gasteiger partial charge on any atom is -0.0365 e. The Kier molecular flexibility index (Phi) is 11.4. The topological polar surface area (TPSA) is 0 Å². The Hall–Kier alpha value is 0. The van der Waals surface area contributed by atoms with Crippen molar-refractivity contribution in [3.05, 3.63) is 0 Å². The summed E-state index contributed by atoms with van der Waals surface area (Å²) in [5.74, 6) is 6.67. The van der Waals surface area contributed by atoms with E-state index in [2.05, 4.69) is 48.5 Å². The van der Waals surface area contributed by atoms with E-state index in [-0.39, 0.29) is 0 Å². The van der Waals surface area contributed by atoms with E-state index in [9.17, 15) is 0 Å². The maximum atomic E-state index is 2.56.